The van der Waals surface area contributed by atoms with Crippen LogP contribution in [0.15, 0.2) is 5.10 Å². The summed E-state index contributed by atoms with van der Waals surface area (Å²) in [4.78, 5) is 24.0. The average molecular weight is 328 g/mol. The lowest BCUT2D eigenvalue weighted by Crippen LogP contribution is -2.38. The van der Waals surface area contributed by atoms with Crippen LogP contribution < -0.4 is 5.01 Å². The second kappa shape index (κ2) is 5.37. The fraction of sp³-hybridized carbons (Fsp3) is 0.529. The molecule has 0 N–H and O–H groups in total. The van der Waals surface area contributed by atoms with Crippen molar-refractivity contribution in [1.29, 1.82) is 0 Å². The number of amides is 1. The summed E-state index contributed by atoms with van der Waals surface area (Å²) < 4.78 is 0. The number of carbonyl (C=O) groups excluding carboxylic acids is 1. The molecule has 4 rings (SSSR count). The van der Waals surface area contributed by atoms with E-state index in [1.165, 1.54) is 23.4 Å². The van der Waals surface area contributed by atoms with Crippen LogP contribution in [-0.2, 0) is 4.79 Å². The minimum Gasteiger partial charge on any atom is -0.272 e. The third-order valence-electron chi connectivity index (χ3n) is 4.91. The number of anilines is 1. The van der Waals surface area contributed by atoms with Gasteiger partial charge in [0.25, 0.3) is 0 Å². The average Bonchev–Trinajstić information content (AvgIpc) is 2.80. The number of hydrogen-bond acceptors (Lipinski definition) is 5. The van der Waals surface area contributed by atoms with Gasteiger partial charge in [-0.25, -0.2) is 9.97 Å². The molecule has 0 spiro atoms. The molecule has 0 aromatic carbocycles. The molecule has 1 amide bonds. The number of hydrazone groups is 1. The highest BCUT2D eigenvalue weighted by Crippen LogP contribution is 2.37. The summed E-state index contributed by atoms with van der Waals surface area (Å²) >= 11 is 1.66. The Hall–Kier alpha value is -1.82. The summed E-state index contributed by atoms with van der Waals surface area (Å²) in [6, 6.07) is 0. The van der Waals surface area contributed by atoms with Gasteiger partial charge in [-0.15, -0.1) is 11.3 Å². The Morgan fingerprint density at radius 1 is 1.17 bits per heavy atom. The normalized spacial score (nSPS) is 21.5. The Morgan fingerprint density at radius 3 is 2.83 bits per heavy atom. The highest BCUT2D eigenvalue weighted by Gasteiger charge is 2.33. The first-order chi connectivity index (χ1) is 11.0. The van der Waals surface area contributed by atoms with Crippen molar-refractivity contribution in [1.82, 2.24) is 9.97 Å². The van der Waals surface area contributed by atoms with Crippen LogP contribution in [0.1, 0.15) is 48.4 Å². The van der Waals surface area contributed by atoms with Gasteiger partial charge in [0, 0.05) is 22.9 Å². The minimum absolute atomic E-state index is 0.0586. The Kier molecular flexibility index (Phi) is 3.44. The van der Waals surface area contributed by atoms with E-state index in [0.29, 0.717) is 24.0 Å². The second-order valence-electron chi connectivity index (χ2n) is 6.50. The van der Waals surface area contributed by atoms with Crippen molar-refractivity contribution in [3.8, 4) is 0 Å². The van der Waals surface area contributed by atoms with Crippen molar-refractivity contribution < 1.29 is 4.79 Å². The highest BCUT2D eigenvalue weighted by molar-refractivity contribution is 7.18. The van der Waals surface area contributed by atoms with Gasteiger partial charge >= 0.3 is 0 Å². The molecular weight excluding hydrogens is 308 g/mol. The van der Waals surface area contributed by atoms with Crippen LogP contribution in [0.3, 0.4) is 0 Å². The zero-order chi connectivity index (χ0) is 16.1. The zero-order valence-corrected chi connectivity index (χ0v) is 14.5. The molecule has 5 nitrogen and oxygen atoms in total. The number of aromatic nitrogens is 2. The Balaban J connectivity index is 1.89. The van der Waals surface area contributed by atoms with Crippen molar-refractivity contribution in [2.24, 2.45) is 11.0 Å². The van der Waals surface area contributed by atoms with E-state index in [9.17, 15) is 4.79 Å². The first kappa shape index (κ1) is 14.8. The molecular formula is C17H20N4OS. The molecule has 2 aromatic heterocycles. The summed E-state index contributed by atoms with van der Waals surface area (Å²) in [5, 5.41) is 7.24. The number of nitrogens with zero attached hydrogens (tertiary/aromatic N) is 4. The minimum atomic E-state index is 0.0586. The molecule has 1 atom stereocenters. The van der Waals surface area contributed by atoms with E-state index in [4.69, 9.17) is 5.10 Å². The molecule has 1 aliphatic carbocycles. The summed E-state index contributed by atoms with van der Waals surface area (Å²) in [6.07, 6.45) is 5.03. The van der Waals surface area contributed by atoms with Crippen LogP contribution in [-0.4, -0.2) is 21.6 Å². The number of aryl methyl sites for hydroxylation is 3. The monoisotopic (exact) mass is 328 g/mol. The predicted octanol–water partition coefficient (Wildman–Crippen LogP) is 3.90. The van der Waals surface area contributed by atoms with Gasteiger partial charge in [-0.1, -0.05) is 6.42 Å². The van der Waals surface area contributed by atoms with E-state index in [2.05, 4.69) is 23.8 Å². The van der Waals surface area contributed by atoms with Gasteiger partial charge in [-0.3, -0.25) is 4.79 Å². The molecule has 0 bridgehead atoms. The fourth-order valence-corrected chi connectivity index (χ4v) is 4.62. The second-order valence-corrected chi connectivity index (χ2v) is 7.70. The van der Waals surface area contributed by atoms with Crippen LogP contribution in [0.25, 0.3) is 10.2 Å². The van der Waals surface area contributed by atoms with Gasteiger partial charge in [0.05, 0.1) is 5.39 Å². The summed E-state index contributed by atoms with van der Waals surface area (Å²) in [6.45, 7) is 6.03. The summed E-state index contributed by atoms with van der Waals surface area (Å²) in [5.41, 5.74) is 2.32. The molecule has 2 aliphatic rings. The van der Waals surface area contributed by atoms with Crippen molar-refractivity contribution >= 4 is 39.0 Å². The van der Waals surface area contributed by atoms with Gasteiger partial charge < -0.3 is 0 Å². The van der Waals surface area contributed by atoms with Crippen LogP contribution in [0.4, 0.5) is 5.82 Å². The fourth-order valence-electron chi connectivity index (χ4n) is 3.55. The molecule has 120 valence electrons. The molecule has 3 heterocycles. The third kappa shape index (κ3) is 2.36. The maximum absolute atomic E-state index is 12.7. The van der Waals surface area contributed by atoms with Gasteiger partial charge in [0.2, 0.25) is 5.91 Å². The van der Waals surface area contributed by atoms with Gasteiger partial charge in [-0.2, -0.15) is 10.1 Å². The maximum Gasteiger partial charge on any atom is 0.249 e. The highest BCUT2D eigenvalue weighted by atomic mass is 32.1. The standard InChI is InChI=1S/C17H20N4OS/c1-9-10(2)23-17-15(9)16(18-11(3)19-17)21-14(22)8-12-6-4-5-7-13(12)20-21/h12H,4-8H2,1-3H3. The maximum atomic E-state index is 12.7. The molecule has 0 saturated heterocycles. The smallest absolute Gasteiger partial charge is 0.249 e. The van der Waals surface area contributed by atoms with Crippen LogP contribution in [0.5, 0.6) is 0 Å². The van der Waals surface area contributed by atoms with E-state index in [-0.39, 0.29) is 5.91 Å². The van der Waals surface area contributed by atoms with Crippen molar-refractivity contribution in [3.05, 3.63) is 16.3 Å². The number of fused-ring (bicyclic) bond motifs is 2. The lowest BCUT2D eigenvalue weighted by atomic mass is 9.84. The molecule has 0 radical (unpaired) electrons. The van der Waals surface area contributed by atoms with Crippen LogP contribution in [0, 0.1) is 26.7 Å². The molecule has 1 unspecified atom stereocenters. The van der Waals surface area contributed by atoms with Gasteiger partial charge in [-0.05, 0) is 45.6 Å². The van der Waals surface area contributed by atoms with E-state index in [1.807, 2.05) is 6.92 Å². The zero-order valence-electron chi connectivity index (χ0n) is 13.7. The lowest BCUT2D eigenvalue weighted by Gasteiger charge is -2.31. The molecule has 1 saturated carbocycles. The van der Waals surface area contributed by atoms with E-state index >= 15 is 0 Å². The lowest BCUT2D eigenvalue weighted by molar-refractivity contribution is -0.119. The Labute approximate surface area is 139 Å². The largest absolute Gasteiger partial charge is 0.272 e. The molecule has 2 aromatic rings. The number of hydrogen-bond donors (Lipinski definition) is 0. The van der Waals surface area contributed by atoms with E-state index in [1.54, 1.807) is 16.3 Å². The van der Waals surface area contributed by atoms with Crippen molar-refractivity contribution in [2.75, 3.05) is 5.01 Å². The number of thiophene rings is 1. The van der Waals surface area contributed by atoms with E-state index in [0.717, 1.165) is 28.6 Å². The quantitative estimate of drug-likeness (QED) is 0.797. The number of carbonyl (C=O) groups is 1. The topological polar surface area (TPSA) is 58.5 Å². The first-order valence-corrected chi connectivity index (χ1v) is 9.01. The molecule has 1 fully saturated rings. The predicted molar refractivity (Wildman–Crippen MR) is 93.1 cm³/mol. The van der Waals surface area contributed by atoms with Gasteiger partial charge in [0.1, 0.15) is 10.7 Å². The summed E-state index contributed by atoms with van der Waals surface area (Å²) in [5.74, 6) is 1.75. The molecule has 23 heavy (non-hydrogen) atoms. The van der Waals surface area contributed by atoms with Crippen molar-refractivity contribution in [2.45, 2.75) is 52.9 Å². The SMILES string of the molecule is Cc1nc(N2N=C3CCCCC3CC2=O)c2c(C)c(C)sc2n1. The van der Waals surface area contributed by atoms with Crippen LogP contribution in [0.2, 0.25) is 0 Å². The van der Waals surface area contributed by atoms with Crippen molar-refractivity contribution in [3.63, 3.8) is 0 Å². The number of rotatable bonds is 1. The third-order valence-corrected chi connectivity index (χ3v) is 6.02. The molecule has 1 aliphatic heterocycles. The summed E-state index contributed by atoms with van der Waals surface area (Å²) in [7, 11) is 0. The Morgan fingerprint density at radius 2 is 2.00 bits per heavy atom. The van der Waals surface area contributed by atoms with Gasteiger partial charge in [0.15, 0.2) is 5.82 Å². The first-order valence-electron chi connectivity index (χ1n) is 8.19. The van der Waals surface area contributed by atoms with E-state index < -0.39 is 0 Å². The Bertz CT molecular complexity index is 839. The molecule has 6 heteroatoms. The van der Waals surface area contributed by atoms with Crippen LogP contribution >= 0.6 is 11.3 Å².